The summed E-state index contributed by atoms with van der Waals surface area (Å²) in [6.45, 7) is 3.15. The summed E-state index contributed by atoms with van der Waals surface area (Å²) in [7, 11) is 2.17. The Labute approximate surface area is 113 Å². The van der Waals surface area contributed by atoms with Gasteiger partial charge in [0.2, 0.25) is 0 Å². The largest absolute Gasteiger partial charge is 0.315 e. The Morgan fingerprint density at radius 3 is 2.82 bits per heavy atom. The standard InChI is InChI=1S/C13H18Cl2N2/c1-17(11-3-2-6-16-8-11)9-10-4-5-12(14)13(15)7-10/h4-5,7,11,16H,2-3,6,8-9H2,1H3/t11-/m0/s1. The fourth-order valence-electron chi connectivity index (χ4n) is 2.26. The lowest BCUT2D eigenvalue weighted by Gasteiger charge is -2.31. The summed E-state index contributed by atoms with van der Waals surface area (Å²) in [6.07, 6.45) is 2.53. The molecule has 4 heteroatoms. The summed E-state index contributed by atoms with van der Waals surface area (Å²) in [6, 6.07) is 6.49. The topological polar surface area (TPSA) is 15.3 Å². The van der Waals surface area contributed by atoms with Crippen LogP contribution in [0.4, 0.5) is 0 Å². The highest BCUT2D eigenvalue weighted by Gasteiger charge is 2.17. The predicted molar refractivity (Wildman–Crippen MR) is 73.8 cm³/mol. The molecule has 0 radical (unpaired) electrons. The molecule has 0 spiro atoms. The Hall–Kier alpha value is -0.280. The van der Waals surface area contributed by atoms with E-state index in [1.807, 2.05) is 18.2 Å². The van der Waals surface area contributed by atoms with Crippen LogP contribution in [0.15, 0.2) is 18.2 Å². The molecule has 0 amide bonds. The van der Waals surface area contributed by atoms with Gasteiger partial charge in [0.25, 0.3) is 0 Å². The van der Waals surface area contributed by atoms with E-state index in [1.54, 1.807) is 0 Å². The quantitative estimate of drug-likeness (QED) is 0.910. The molecule has 94 valence electrons. The Morgan fingerprint density at radius 2 is 2.18 bits per heavy atom. The fourth-order valence-corrected chi connectivity index (χ4v) is 2.59. The Bertz CT molecular complexity index is 376. The average molecular weight is 273 g/mol. The predicted octanol–water partition coefficient (Wildman–Crippen LogP) is 3.18. The van der Waals surface area contributed by atoms with Crippen LogP contribution in [0.2, 0.25) is 10.0 Å². The molecule has 1 atom stereocenters. The molecule has 1 saturated heterocycles. The highest BCUT2D eigenvalue weighted by atomic mass is 35.5. The minimum Gasteiger partial charge on any atom is -0.315 e. The van der Waals surface area contributed by atoms with Gasteiger partial charge in [-0.15, -0.1) is 0 Å². The number of halogens is 2. The number of likely N-dealkylation sites (N-methyl/N-ethyl adjacent to an activating group) is 1. The van der Waals surface area contributed by atoms with Crippen molar-refractivity contribution in [3.8, 4) is 0 Å². The molecule has 2 nitrogen and oxygen atoms in total. The zero-order valence-corrected chi connectivity index (χ0v) is 11.6. The minimum atomic E-state index is 0.623. The van der Waals surface area contributed by atoms with E-state index in [0.717, 1.165) is 19.6 Å². The molecule has 1 aromatic carbocycles. The van der Waals surface area contributed by atoms with Gasteiger partial charge in [-0.25, -0.2) is 0 Å². The lowest BCUT2D eigenvalue weighted by atomic mass is 10.1. The first-order valence-corrected chi connectivity index (χ1v) is 6.77. The third-order valence-corrected chi connectivity index (χ3v) is 4.05. The number of rotatable bonds is 3. The second-order valence-corrected chi connectivity index (χ2v) is 5.48. The fraction of sp³-hybridized carbons (Fsp3) is 0.538. The van der Waals surface area contributed by atoms with E-state index < -0.39 is 0 Å². The Kier molecular flexibility index (Phi) is 4.69. The molecule has 1 aliphatic heterocycles. The van der Waals surface area contributed by atoms with Crippen LogP contribution in [-0.2, 0) is 6.54 Å². The molecule has 1 N–H and O–H groups in total. The number of nitrogens with zero attached hydrogens (tertiary/aromatic N) is 1. The molecule has 1 aliphatic rings. The molecule has 0 bridgehead atoms. The van der Waals surface area contributed by atoms with E-state index in [4.69, 9.17) is 23.2 Å². The van der Waals surface area contributed by atoms with E-state index >= 15 is 0 Å². The molecule has 1 heterocycles. The first kappa shape index (κ1) is 13.2. The summed E-state index contributed by atoms with van der Waals surface area (Å²) < 4.78 is 0. The van der Waals surface area contributed by atoms with Crippen molar-refractivity contribution in [3.05, 3.63) is 33.8 Å². The van der Waals surface area contributed by atoms with Gasteiger partial charge in [0, 0.05) is 19.1 Å². The zero-order chi connectivity index (χ0) is 12.3. The average Bonchev–Trinajstić information content (AvgIpc) is 2.35. The van der Waals surface area contributed by atoms with E-state index in [1.165, 1.54) is 18.4 Å². The maximum Gasteiger partial charge on any atom is 0.0595 e. The normalized spacial score (nSPS) is 20.8. The molecular weight excluding hydrogens is 255 g/mol. The van der Waals surface area contributed by atoms with Crippen LogP contribution >= 0.6 is 23.2 Å². The van der Waals surface area contributed by atoms with Crippen molar-refractivity contribution < 1.29 is 0 Å². The van der Waals surface area contributed by atoms with Crippen molar-refractivity contribution in [2.75, 3.05) is 20.1 Å². The summed E-state index contributed by atoms with van der Waals surface area (Å²) in [5.41, 5.74) is 1.22. The van der Waals surface area contributed by atoms with Gasteiger partial charge in [-0.2, -0.15) is 0 Å². The third-order valence-electron chi connectivity index (χ3n) is 3.31. The van der Waals surface area contributed by atoms with Crippen molar-refractivity contribution in [3.63, 3.8) is 0 Å². The lowest BCUT2D eigenvalue weighted by Crippen LogP contribution is -2.43. The Morgan fingerprint density at radius 1 is 1.35 bits per heavy atom. The number of hydrogen-bond acceptors (Lipinski definition) is 2. The number of hydrogen-bond donors (Lipinski definition) is 1. The van der Waals surface area contributed by atoms with Crippen molar-refractivity contribution in [2.45, 2.75) is 25.4 Å². The van der Waals surface area contributed by atoms with Gasteiger partial charge >= 0.3 is 0 Å². The van der Waals surface area contributed by atoms with Gasteiger partial charge in [0.15, 0.2) is 0 Å². The van der Waals surface area contributed by atoms with Gasteiger partial charge in [-0.3, -0.25) is 4.90 Å². The van der Waals surface area contributed by atoms with Gasteiger partial charge in [0.1, 0.15) is 0 Å². The van der Waals surface area contributed by atoms with Crippen LogP contribution in [0.5, 0.6) is 0 Å². The van der Waals surface area contributed by atoms with Crippen LogP contribution in [-0.4, -0.2) is 31.1 Å². The van der Waals surface area contributed by atoms with Gasteiger partial charge in [-0.1, -0.05) is 29.3 Å². The maximum absolute atomic E-state index is 6.02. The van der Waals surface area contributed by atoms with Crippen LogP contribution in [0.3, 0.4) is 0 Å². The minimum absolute atomic E-state index is 0.623. The summed E-state index contributed by atoms with van der Waals surface area (Å²) in [5, 5.41) is 4.69. The van der Waals surface area contributed by atoms with Crippen LogP contribution in [0, 0.1) is 0 Å². The molecule has 0 aromatic heterocycles. The summed E-state index contributed by atoms with van der Waals surface area (Å²) >= 11 is 11.9. The highest BCUT2D eigenvalue weighted by Crippen LogP contribution is 2.23. The lowest BCUT2D eigenvalue weighted by molar-refractivity contribution is 0.196. The second kappa shape index (κ2) is 6.05. The highest BCUT2D eigenvalue weighted by molar-refractivity contribution is 6.42. The number of piperidine rings is 1. The molecule has 0 saturated carbocycles. The smallest absolute Gasteiger partial charge is 0.0595 e. The molecule has 2 rings (SSSR count). The summed E-state index contributed by atoms with van der Waals surface area (Å²) in [5.74, 6) is 0. The Balaban J connectivity index is 1.96. The van der Waals surface area contributed by atoms with E-state index in [9.17, 15) is 0 Å². The van der Waals surface area contributed by atoms with Gasteiger partial charge in [0.05, 0.1) is 10.0 Å². The molecule has 17 heavy (non-hydrogen) atoms. The van der Waals surface area contributed by atoms with Crippen LogP contribution < -0.4 is 5.32 Å². The van der Waals surface area contributed by atoms with Gasteiger partial charge < -0.3 is 5.32 Å². The zero-order valence-electron chi connectivity index (χ0n) is 10.0. The molecule has 0 aliphatic carbocycles. The summed E-state index contributed by atoms with van der Waals surface area (Å²) in [4.78, 5) is 2.38. The number of nitrogens with one attached hydrogen (secondary N) is 1. The van der Waals surface area contributed by atoms with Gasteiger partial charge in [-0.05, 0) is 44.1 Å². The molecular formula is C13H18Cl2N2. The molecule has 1 aromatic rings. The first-order chi connectivity index (χ1) is 8.16. The first-order valence-electron chi connectivity index (χ1n) is 6.01. The third kappa shape index (κ3) is 3.59. The van der Waals surface area contributed by atoms with Crippen molar-refractivity contribution >= 4 is 23.2 Å². The number of benzene rings is 1. The van der Waals surface area contributed by atoms with E-state index in [2.05, 4.69) is 17.3 Å². The SMILES string of the molecule is CN(Cc1ccc(Cl)c(Cl)c1)[C@H]1CCCNC1. The van der Waals surface area contributed by atoms with Crippen molar-refractivity contribution in [2.24, 2.45) is 0 Å². The van der Waals surface area contributed by atoms with Crippen molar-refractivity contribution in [1.29, 1.82) is 0 Å². The second-order valence-electron chi connectivity index (χ2n) is 4.66. The molecule has 0 unspecified atom stereocenters. The monoisotopic (exact) mass is 272 g/mol. The van der Waals surface area contributed by atoms with Crippen LogP contribution in [0.25, 0.3) is 0 Å². The molecule has 1 fully saturated rings. The van der Waals surface area contributed by atoms with E-state index in [0.29, 0.717) is 16.1 Å². The van der Waals surface area contributed by atoms with Crippen LogP contribution in [0.1, 0.15) is 18.4 Å². The maximum atomic E-state index is 6.02. The van der Waals surface area contributed by atoms with E-state index in [-0.39, 0.29) is 0 Å². The van der Waals surface area contributed by atoms with Crippen molar-refractivity contribution in [1.82, 2.24) is 10.2 Å².